The molecule has 0 aliphatic carbocycles. The number of amides is 3. The van der Waals surface area contributed by atoms with E-state index in [0.29, 0.717) is 17.5 Å². The van der Waals surface area contributed by atoms with Crippen molar-refractivity contribution in [3.63, 3.8) is 0 Å². The summed E-state index contributed by atoms with van der Waals surface area (Å²) in [6.45, 7) is 1.96. The number of benzene rings is 2. The van der Waals surface area contributed by atoms with Gasteiger partial charge in [-0.25, -0.2) is 9.59 Å². The molecule has 5 N–H and O–H groups in total. The maximum absolute atomic E-state index is 12.3. The van der Waals surface area contributed by atoms with Crippen molar-refractivity contribution >= 4 is 38.4 Å². The van der Waals surface area contributed by atoms with E-state index in [1.165, 1.54) is 18.2 Å². The zero-order valence-corrected chi connectivity index (χ0v) is 20.9. The van der Waals surface area contributed by atoms with Crippen molar-refractivity contribution in [2.75, 3.05) is 19.8 Å². The second kappa shape index (κ2) is 14.5. The van der Waals surface area contributed by atoms with Crippen LogP contribution in [0, 0.1) is 0 Å². The Morgan fingerprint density at radius 1 is 1.06 bits per heavy atom. The van der Waals surface area contributed by atoms with Gasteiger partial charge in [-0.3, -0.25) is 0 Å². The van der Waals surface area contributed by atoms with Crippen molar-refractivity contribution in [1.29, 1.82) is 0 Å². The summed E-state index contributed by atoms with van der Waals surface area (Å²) in [7, 11) is 0. The quantitative estimate of drug-likeness (QED) is 0.187. The van der Waals surface area contributed by atoms with Crippen LogP contribution in [0.15, 0.2) is 48.5 Å². The second-order valence-electron chi connectivity index (χ2n) is 7.02. The zero-order valence-electron chi connectivity index (χ0n) is 19.0. The number of nitrogens with one attached hydrogen (secondary N) is 3. The predicted octanol–water partition coefficient (Wildman–Crippen LogP) is 1.73. The van der Waals surface area contributed by atoms with Crippen LogP contribution in [0.2, 0.25) is 5.21 Å². The van der Waals surface area contributed by atoms with Crippen molar-refractivity contribution in [3.8, 4) is 11.5 Å². The number of aromatic hydroxyl groups is 1. The van der Waals surface area contributed by atoms with Crippen LogP contribution < -0.4 is 20.7 Å². The average Bonchev–Trinajstić information content (AvgIpc) is 2.83. The molecule has 0 aromatic heterocycles. The summed E-state index contributed by atoms with van der Waals surface area (Å²) in [6, 6.07) is 12.2. The van der Waals surface area contributed by atoms with Crippen molar-refractivity contribution in [2.45, 2.75) is 24.7 Å². The van der Waals surface area contributed by atoms with E-state index in [1.807, 2.05) is 30.3 Å². The van der Waals surface area contributed by atoms with Gasteiger partial charge >= 0.3 is 176 Å². The first kappa shape index (κ1) is 27.5. The number of hydrogen-bond acceptors (Lipinski definition) is 7. The van der Waals surface area contributed by atoms with Gasteiger partial charge in [-0.2, -0.15) is 0 Å². The molecule has 2 aromatic rings. The van der Waals surface area contributed by atoms with Crippen molar-refractivity contribution < 1.29 is 38.9 Å². The van der Waals surface area contributed by atoms with E-state index in [4.69, 9.17) is 4.74 Å². The summed E-state index contributed by atoms with van der Waals surface area (Å²) in [6.07, 6.45) is -0.922. The number of rotatable bonds is 13. The molecule has 0 unspecified atom stereocenters. The SMILES string of the molecule is CCOC(=O)N[C@@H](CNC(=O)c1ccc(OCC[As]C(=O)NCc2ccccc2)cc1O)C(=O)O. The molecule has 0 fully saturated rings. The molecule has 2 rings (SSSR count). The predicted molar refractivity (Wildman–Crippen MR) is 127 cm³/mol. The van der Waals surface area contributed by atoms with Crippen LogP contribution >= 0.6 is 0 Å². The minimum Gasteiger partial charge on any atom is -0.480 e. The Bertz CT molecular complexity index is 1020. The Morgan fingerprint density at radius 2 is 1.80 bits per heavy atom. The van der Waals surface area contributed by atoms with E-state index < -0.39 is 46.3 Å². The first-order valence-corrected chi connectivity index (χ1v) is 13.0. The standard InChI is InChI=1S/C23H27AsN3O8/c1-2-34-23(33)27-18(21(30)31)14-25-20(29)17-9-8-16(12-19(17)28)35-11-10-24-22(32)26-13-15-6-4-3-5-7-15/h3-9,12,18,28H,2,10-11,13-14H2,1H3,(H,25,29)(H,26,32)(H,27,33)(H,30,31)/t18-/m0/s1. The summed E-state index contributed by atoms with van der Waals surface area (Å²) >= 11 is -0.621. The van der Waals surface area contributed by atoms with Crippen LogP contribution in [0.3, 0.4) is 0 Å². The van der Waals surface area contributed by atoms with Gasteiger partial charge in [0, 0.05) is 0 Å². The van der Waals surface area contributed by atoms with Crippen LogP contribution in [0.1, 0.15) is 22.8 Å². The maximum atomic E-state index is 12.3. The van der Waals surface area contributed by atoms with Crippen molar-refractivity contribution in [2.24, 2.45) is 0 Å². The molecular formula is C23H27AsN3O8. The third-order valence-electron chi connectivity index (χ3n) is 4.45. The number of ether oxygens (including phenoxy) is 2. The van der Waals surface area contributed by atoms with E-state index >= 15 is 0 Å². The Balaban J connectivity index is 1.76. The average molecular weight is 548 g/mol. The number of carboxylic acids is 1. The van der Waals surface area contributed by atoms with Gasteiger partial charge in [0.15, 0.2) is 0 Å². The van der Waals surface area contributed by atoms with Crippen LogP contribution in [-0.2, 0) is 16.1 Å². The van der Waals surface area contributed by atoms with E-state index in [0.717, 1.165) is 5.56 Å². The molecule has 0 saturated heterocycles. The number of carboxylic acid groups (broad SMARTS) is 1. The van der Waals surface area contributed by atoms with Gasteiger partial charge in [-0.15, -0.1) is 0 Å². The van der Waals surface area contributed by atoms with Gasteiger partial charge in [0.05, 0.1) is 6.61 Å². The van der Waals surface area contributed by atoms with Gasteiger partial charge in [0.1, 0.15) is 0 Å². The van der Waals surface area contributed by atoms with E-state index in [2.05, 4.69) is 20.7 Å². The minimum atomic E-state index is -1.41. The fourth-order valence-electron chi connectivity index (χ4n) is 2.74. The first-order valence-electron chi connectivity index (χ1n) is 10.7. The molecule has 0 saturated carbocycles. The molecule has 12 heteroatoms. The monoisotopic (exact) mass is 548 g/mol. The third kappa shape index (κ3) is 9.97. The molecule has 0 heterocycles. The molecule has 11 nitrogen and oxygen atoms in total. The van der Waals surface area contributed by atoms with Crippen LogP contribution in [0.5, 0.6) is 11.5 Å². The molecule has 35 heavy (non-hydrogen) atoms. The molecule has 0 bridgehead atoms. The number of carbonyl (C=O) groups is 4. The summed E-state index contributed by atoms with van der Waals surface area (Å²) in [5.41, 5.74) is 0.927. The summed E-state index contributed by atoms with van der Waals surface area (Å²) in [4.78, 5) is 47.0. The molecule has 1 radical (unpaired) electrons. The molecule has 3 amide bonds. The fraction of sp³-hybridized carbons (Fsp3) is 0.304. The fourth-order valence-corrected chi connectivity index (χ4v) is 3.95. The molecule has 0 spiro atoms. The number of carbonyl (C=O) groups excluding carboxylic acids is 3. The van der Waals surface area contributed by atoms with Gasteiger partial charge in [0.2, 0.25) is 0 Å². The number of alkyl carbamates (subject to hydrolysis) is 1. The normalized spacial score (nSPS) is 11.5. The van der Waals surface area contributed by atoms with Crippen LogP contribution in [-0.4, -0.2) is 74.4 Å². The smallest absolute Gasteiger partial charge is 0.480 e. The summed E-state index contributed by atoms with van der Waals surface area (Å²) in [5, 5.41) is 27.2. The first-order chi connectivity index (χ1) is 16.8. The Hall–Kier alpha value is -3.72. The summed E-state index contributed by atoms with van der Waals surface area (Å²) in [5.74, 6) is -2.13. The van der Waals surface area contributed by atoms with Gasteiger partial charge < -0.3 is 9.84 Å². The second-order valence-corrected chi connectivity index (χ2v) is 9.47. The van der Waals surface area contributed by atoms with E-state index in [-0.39, 0.29) is 29.2 Å². The van der Waals surface area contributed by atoms with Gasteiger partial charge in [-0.1, -0.05) is 0 Å². The molecule has 0 aliphatic heterocycles. The molecular weight excluding hydrogens is 521 g/mol. The van der Waals surface area contributed by atoms with Crippen molar-refractivity contribution in [3.05, 3.63) is 59.7 Å². The van der Waals surface area contributed by atoms with Gasteiger partial charge in [-0.05, 0) is 6.92 Å². The van der Waals surface area contributed by atoms with Gasteiger partial charge in [0.25, 0.3) is 0 Å². The molecule has 0 aliphatic rings. The molecule has 187 valence electrons. The number of aliphatic carboxylic acids is 1. The molecule has 2 aromatic carbocycles. The number of hydrogen-bond donors (Lipinski definition) is 5. The van der Waals surface area contributed by atoms with Crippen LogP contribution in [0.25, 0.3) is 0 Å². The molecule has 1 atom stereocenters. The minimum absolute atomic E-state index is 0.0133. The topological polar surface area (TPSA) is 163 Å². The summed E-state index contributed by atoms with van der Waals surface area (Å²) < 4.78 is 10.2. The Kier molecular flexibility index (Phi) is 11.4. The van der Waals surface area contributed by atoms with E-state index in [1.54, 1.807) is 6.92 Å². The van der Waals surface area contributed by atoms with E-state index in [9.17, 15) is 29.4 Å². The number of phenols is 1. The third-order valence-corrected chi connectivity index (χ3v) is 6.23. The Morgan fingerprint density at radius 3 is 2.46 bits per heavy atom. The number of phenolic OH excluding ortho intramolecular Hbond substituents is 1. The van der Waals surface area contributed by atoms with Crippen LogP contribution in [0.4, 0.5) is 9.59 Å². The van der Waals surface area contributed by atoms with Crippen molar-refractivity contribution in [1.82, 2.24) is 16.0 Å². The Labute approximate surface area is 208 Å². The zero-order chi connectivity index (χ0) is 25.6.